The zero-order valence-corrected chi connectivity index (χ0v) is 20.4. The second-order valence-corrected chi connectivity index (χ2v) is 10.7. The van der Waals surface area contributed by atoms with Crippen molar-refractivity contribution < 1.29 is 4.42 Å². The Labute approximate surface area is 197 Å². The second-order valence-electron chi connectivity index (χ2n) is 7.57. The summed E-state index contributed by atoms with van der Waals surface area (Å²) < 4.78 is 7.47. The summed E-state index contributed by atoms with van der Waals surface area (Å²) >= 11 is 4.48. The maximum absolute atomic E-state index is 13.3. The molecule has 0 saturated carbocycles. The van der Waals surface area contributed by atoms with Crippen LogP contribution in [-0.4, -0.2) is 19.7 Å². The molecule has 1 aromatic carbocycles. The molecule has 0 saturated heterocycles. The summed E-state index contributed by atoms with van der Waals surface area (Å²) in [6, 6.07) is 10.2. The van der Waals surface area contributed by atoms with Crippen LogP contribution in [0.15, 0.2) is 55.5 Å². The van der Waals surface area contributed by atoms with Gasteiger partial charge in [0.25, 0.3) is 11.4 Å². The highest BCUT2D eigenvalue weighted by Gasteiger charge is 2.21. The van der Waals surface area contributed by atoms with Crippen molar-refractivity contribution in [3.8, 4) is 21.9 Å². The number of nitrogens with zero attached hydrogens (tertiary/aromatic N) is 4. The topological polar surface area (TPSA) is 73.8 Å². The summed E-state index contributed by atoms with van der Waals surface area (Å²) in [5, 5.41) is 13.5. The van der Waals surface area contributed by atoms with Gasteiger partial charge in [-0.3, -0.25) is 9.36 Å². The van der Waals surface area contributed by atoms with E-state index in [1.807, 2.05) is 29.8 Å². The number of rotatable bonds is 5. The molecule has 5 aromatic rings. The van der Waals surface area contributed by atoms with Gasteiger partial charge in [0.1, 0.15) is 4.83 Å². The molecule has 4 aromatic heterocycles. The highest BCUT2D eigenvalue weighted by molar-refractivity contribution is 7.99. The van der Waals surface area contributed by atoms with Crippen LogP contribution in [0.5, 0.6) is 0 Å². The zero-order chi connectivity index (χ0) is 22.4. The van der Waals surface area contributed by atoms with Gasteiger partial charge in [-0.25, -0.2) is 4.98 Å². The summed E-state index contributed by atoms with van der Waals surface area (Å²) in [5.41, 5.74) is 4.36. The van der Waals surface area contributed by atoms with Gasteiger partial charge in [-0.05, 0) is 48.9 Å². The molecule has 4 heterocycles. The maximum atomic E-state index is 13.3. The first kappa shape index (κ1) is 21.1. The average Bonchev–Trinajstić information content (AvgIpc) is 3.53. The van der Waals surface area contributed by atoms with Crippen molar-refractivity contribution in [3.05, 3.63) is 68.5 Å². The molecular weight excluding hydrogens is 460 g/mol. The standard InChI is InChI=1S/C23H20N4O2S3/c1-12-7-8-15(10-13(12)2)16-11-31-21-18(16)22(28)27(4)23(24-21)32-14(3)19-25-26-20(29-19)17-6-5-9-30-17/h5-11,14H,1-4H3. The van der Waals surface area contributed by atoms with Crippen LogP contribution < -0.4 is 5.56 Å². The van der Waals surface area contributed by atoms with Crippen molar-refractivity contribution in [3.63, 3.8) is 0 Å². The van der Waals surface area contributed by atoms with Gasteiger partial charge in [0.15, 0.2) is 5.16 Å². The monoisotopic (exact) mass is 480 g/mol. The molecule has 162 valence electrons. The quantitative estimate of drug-likeness (QED) is 0.219. The molecule has 0 aliphatic heterocycles. The zero-order valence-electron chi connectivity index (χ0n) is 17.9. The van der Waals surface area contributed by atoms with Crippen LogP contribution in [0.4, 0.5) is 0 Å². The Kier molecular flexibility index (Phi) is 5.48. The fraction of sp³-hybridized carbons (Fsp3) is 0.217. The number of aryl methyl sites for hydroxylation is 2. The lowest BCUT2D eigenvalue weighted by Gasteiger charge is -2.11. The number of hydrogen-bond acceptors (Lipinski definition) is 8. The first-order valence-corrected chi connectivity index (χ1v) is 12.7. The van der Waals surface area contributed by atoms with E-state index >= 15 is 0 Å². The normalized spacial score (nSPS) is 12.5. The van der Waals surface area contributed by atoms with Crippen LogP contribution in [0.25, 0.3) is 32.1 Å². The Hall–Kier alpha value is -2.75. The predicted octanol–water partition coefficient (Wildman–Crippen LogP) is 6.24. The fourth-order valence-electron chi connectivity index (χ4n) is 3.39. The molecule has 0 radical (unpaired) electrons. The Morgan fingerprint density at radius 2 is 1.97 bits per heavy atom. The summed E-state index contributed by atoms with van der Waals surface area (Å²) in [7, 11) is 1.76. The lowest BCUT2D eigenvalue weighted by atomic mass is 10.0. The highest BCUT2D eigenvalue weighted by atomic mass is 32.2. The number of fused-ring (bicyclic) bond motifs is 1. The molecule has 6 nitrogen and oxygen atoms in total. The highest BCUT2D eigenvalue weighted by Crippen LogP contribution is 2.37. The predicted molar refractivity (Wildman–Crippen MR) is 132 cm³/mol. The van der Waals surface area contributed by atoms with Gasteiger partial charge in [-0.1, -0.05) is 36.0 Å². The van der Waals surface area contributed by atoms with Crippen LogP contribution in [0.3, 0.4) is 0 Å². The largest absolute Gasteiger partial charge is 0.419 e. The SMILES string of the molecule is Cc1ccc(-c2csc3nc(SC(C)c4nnc(-c5cccs5)o4)n(C)c(=O)c23)cc1C. The van der Waals surface area contributed by atoms with E-state index in [-0.39, 0.29) is 10.8 Å². The van der Waals surface area contributed by atoms with Gasteiger partial charge in [-0.15, -0.1) is 32.9 Å². The Morgan fingerprint density at radius 3 is 2.72 bits per heavy atom. The molecule has 1 unspecified atom stereocenters. The van der Waals surface area contributed by atoms with Crippen LogP contribution in [0.1, 0.15) is 29.2 Å². The van der Waals surface area contributed by atoms with Crippen molar-refractivity contribution in [2.75, 3.05) is 0 Å². The van der Waals surface area contributed by atoms with Crippen molar-refractivity contribution in [2.24, 2.45) is 7.05 Å². The molecule has 32 heavy (non-hydrogen) atoms. The summed E-state index contributed by atoms with van der Waals surface area (Å²) in [6.07, 6.45) is 0. The van der Waals surface area contributed by atoms with E-state index < -0.39 is 0 Å². The molecule has 0 spiro atoms. The third kappa shape index (κ3) is 3.70. The Balaban J connectivity index is 1.48. The van der Waals surface area contributed by atoms with Crippen LogP contribution in [0, 0.1) is 13.8 Å². The molecule has 0 amide bonds. The molecule has 9 heteroatoms. The first-order valence-electron chi connectivity index (χ1n) is 10.0. The molecule has 1 atom stereocenters. The number of aromatic nitrogens is 4. The molecule has 0 aliphatic carbocycles. The van der Waals surface area contributed by atoms with Crippen molar-refractivity contribution >= 4 is 44.7 Å². The van der Waals surface area contributed by atoms with E-state index in [1.165, 1.54) is 34.2 Å². The van der Waals surface area contributed by atoms with Gasteiger partial charge in [0, 0.05) is 18.0 Å². The third-order valence-corrected chi connectivity index (χ3v) is 8.26. The van der Waals surface area contributed by atoms with E-state index in [2.05, 4.69) is 42.2 Å². The minimum absolute atomic E-state index is 0.0519. The number of thioether (sulfide) groups is 1. The second kappa shape index (κ2) is 8.31. The summed E-state index contributed by atoms with van der Waals surface area (Å²) in [4.78, 5) is 19.8. The van der Waals surface area contributed by atoms with E-state index in [1.54, 1.807) is 23.0 Å². The van der Waals surface area contributed by atoms with Gasteiger partial charge >= 0.3 is 0 Å². The minimum Gasteiger partial charge on any atom is -0.419 e. The average molecular weight is 481 g/mol. The number of thiophene rings is 2. The van der Waals surface area contributed by atoms with E-state index in [4.69, 9.17) is 9.40 Å². The Morgan fingerprint density at radius 1 is 1.12 bits per heavy atom. The van der Waals surface area contributed by atoms with Crippen molar-refractivity contribution in [1.82, 2.24) is 19.7 Å². The van der Waals surface area contributed by atoms with Crippen molar-refractivity contribution in [1.29, 1.82) is 0 Å². The molecule has 0 bridgehead atoms. The van der Waals surface area contributed by atoms with Gasteiger partial charge in [0.2, 0.25) is 5.89 Å². The lowest BCUT2D eigenvalue weighted by Crippen LogP contribution is -2.20. The van der Waals surface area contributed by atoms with Crippen LogP contribution >= 0.6 is 34.4 Å². The molecule has 0 aliphatic rings. The molecule has 5 rings (SSSR count). The van der Waals surface area contributed by atoms with Crippen LogP contribution in [0.2, 0.25) is 0 Å². The smallest absolute Gasteiger partial charge is 0.263 e. The fourth-order valence-corrected chi connectivity index (χ4v) is 5.92. The molecular formula is C23H20N4O2S3. The van der Waals surface area contributed by atoms with Gasteiger partial charge in [0.05, 0.1) is 15.5 Å². The van der Waals surface area contributed by atoms with Crippen LogP contribution in [-0.2, 0) is 7.05 Å². The van der Waals surface area contributed by atoms with E-state index in [0.29, 0.717) is 22.3 Å². The summed E-state index contributed by atoms with van der Waals surface area (Å²) in [6.45, 7) is 6.14. The summed E-state index contributed by atoms with van der Waals surface area (Å²) in [5.74, 6) is 1.02. The first-order chi connectivity index (χ1) is 15.4. The van der Waals surface area contributed by atoms with Gasteiger partial charge < -0.3 is 4.42 Å². The van der Waals surface area contributed by atoms with Gasteiger partial charge in [-0.2, -0.15) is 0 Å². The maximum Gasteiger partial charge on any atom is 0.263 e. The molecule has 0 fully saturated rings. The third-order valence-electron chi connectivity index (χ3n) is 5.39. The minimum atomic E-state index is -0.147. The lowest BCUT2D eigenvalue weighted by molar-refractivity contribution is 0.509. The molecule has 0 N–H and O–H groups in total. The van der Waals surface area contributed by atoms with E-state index in [0.717, 1.165) is 20.8 Å². The van der Waals surface area contributed by atoms with E-state index in [9.17, 15) is 4.79 Å². The number of benzene rings is 1. The Bertz CT molecular complexity index is 1480. The van der Waals surface area contributed by atoms with Crippen molar-refractivity contribution in [2.45, 2.75) is 31.2 Å². The number of hydrogen-bond donors (Lipinski definition) is 0.